The van der Waals surface area contributed by atoms with E-state index in [0.29, 0.717) is 11.2 Å². The van der Waals surface area contributed by atoms with Crippen molar-refractivity contribution in [2.24, 2.45) is 7.05 Å². The average Bonchev–Trinajstić information content (AvgIpc) is 3.00. The lowest BCUT2D eigenvalue weighted by atomic mass is 10.2. The van der Waals surface area contributed by atoms with Gasteiger partial charge in [-0.3, -0.25) is 0 Å². The fourth-order valence-corrected chi connectivity index (χ4v) is 2.59. The smallest absolute Gasteiger partial charge is 0.167 e. The van der Waals surface area contributed by atoms with Gasteiger partial charge in [0.05, 0.1) is 11.9 Å². The summed E-state index contributed by atoms with van der Waals surface area (Å²) in [6.07, 6.45) is 1.49. The van der Waals surface area contributed by atoms with Gasteiger partial charge in [-0.25, -0.2) is 28.1 Å². The maximum Gasteiger partial charge on any atom is 0.167 e. The molecule has 0 amide bonds. The molecule has 1 N–H and O–H groups in total. The summed E-state index contributed by atoms with van der Waals surface area (Å²) in [4.78, 5) is 12.8. The van der Waals surface area contributed by atoms with Crippen LogP contribution in [0.15, 0.2) is 48.8 Å². The summed E-state index contributed by atoms with van der Waals surface area (Å²) in [5.41, 5.74) is 0.526. The molecule has 0 unspecified atom stereocenters. The third kappa shape index (κ3) is 2.65. The highest BCUT2D eigenvalue weighted by atomic mass is 19.1. The molecule has 2 aromatic carbocycles. The van der Waals surface area contributed by atoms with Gasteiger partial charge >= 0.3 is 0 Å². The number of imidazole rings is 1. The number of halogens is 3. The third-order valence-corrected chi connectivity index (χ3v) is 3.88. The molecule has 0 spiro atoms. The van der Waals surface area contributed by atoms with Crippen molar-refractivity contribution in [2.45, 2.75) is 0 Å². The van der Waals surface area contributed by atoms with Crippen molar-refractivity contribution in [3.63, 3.8) is 0 Å². The van der Waals surface area contributed by atoms with Gasteiger partial charge < -0.3 is 9.88 Å². The number of hydrogen-bond donors (Lipinski definition) is 1. The van der Waals surface area contributed by atoms with Gasteiger partial charge in [0, 0.05) is 7.05 Å². The quantitative estimate of drug-likeness (QED) is 0.599. The lowest BCUT2D eigenvalue weighted by molar-refractivity contribution is 0.590. The van der Waals surface area contributed by atoms with E-state index in [1.54, 1.807) is 23.7 Å². The van der Waals surface area contributed by atoms with Crippen LogP contribution in [0.1, 0.15) is 0 Å². The minimum absolute atomic E-state index is 0.0813. The molecule has 8 heteroatoms. The largest absolute Gasteiger partial charge is 0.333 e. The summed E-state index contributed by atoms with van der Waals surface area (Å²) >= 11 is 0. The summed E-state index contributed by atoms with van der Waals surface area (Å²) in [5, 5.41) is 2.63. The summed E-state index contributed by atoms with van der Waals surface area (Å²) < 4.78 is 43.8. The Morgan fingerprint density at radius 3 is 2.31 bits per heavy atom. The average molecular weight is 355 g/mol. The molecular weight excluding hydrogens is 343 g/mol. The maximum atomic E-state index is 14.1. The Hall–Kier alpha value is -3.42. The van der Waals surface area contributed by atoms with E-state index >= 15 is 0 Å². The number of benzene rings is 2. The van der Waals surface area contributed by atoms with Gasteiger partial charge in [0.25, 0.3) is 0 Å². The molecule has 0 bridgehead atoms. The van der Waals surface area contributed by atoms with Gasteiger partial charge in [-0.15, -0.1) is 0 Å². The van der Waals surface area contributed by atoms with E-state index < -0.39 is 17.5 Å². The zero-order valence-corrected chi connectivity index (χ0v) is 13.5. The third-order valence-electron chi connectivity index (χ3n) is 3.88. The fraction of sp³-hybridized carbons (Fsp3) is 0.0556. The number of anilines is 2. The molecular formula is C18H12F3N5. The lowest BCUT2D eigenvalue weighted by Crippen LogP contribution is -2.04. The number of aryl methyl sites for hydroxylation is 1. The van der Waals surface area contributed by atoms with Crippen molar-refractivity contribution in [2.75, 3.05) is 5.32 Å². The maximum absolute atomic E-state index is 14.1. The number of fused-ring (bicyclic) bond motifs is 1. The molecule has 2 heterocycles. The van der Waals surface area contributed by atoms with Crippen LogP contribution in [-0.2, 0) is 7.05 Å². The van der Waals surface area contributed by atoms with Crippen LogP contribution in [0.25, 0.3) is 22.6 Å². The first-order valence-corrected chi connectivity index (χ1v) is 7.69. The van der Waals surface area contributed by atoms with Crippen LogP contribution < -0.4 is 5.32 Å². The van der Waals surface area contributed by atoms with Gasteiger partial charge in [-0.05, 0) is 24.3 Å². The van der Waals surface area contributed by atoms with Crippen LogP contribution in [0.5, 0.6) is 0 Å². The van der Waals surface area contributed by atoms with Crippen LogP contribution in [-0.4, -0.2) is 19.5 Å². The number of hydrogen-bond acceptors (Lipinski definition) is 4. The highest BCUT2D eigenvalue weighted by Crippen LogP contribution is 2.29. The predicted octanol–water partition coefficient (Wildman–Crippen LogP) is 4.19. The Morgan fingerprint density at radius 1 is 0.885 bits per heavy atom. The van der Waals surface area contributed by atoms with E-state index in [2.05, 4.69) is 20.3 Å². The zero-order valence-electron chi connectivity index (χ0n) is 13.5. The van der Waals surface area contributed by atoms with Crippen molar-refractivity contribution in [3.05, 3.63) is 66.2 Å². The van der Waals surface area contributed by atoms with Gasteiger partial charge in [-0.2, -0.15) is 0 Å². The monoisotopic (exact) mass is 355 g/mol. The zero-order chi connectivity index (χ0) is 18.3. The predicted molar refractivity (Wildman–Crippen MR) is 91.3 cm³/mol. The van der Waals surface area contributed by atoms with Crippen molar-refractivity contribution in [1.29, 1.82) is 0 Å². The topological polar surface area (TPSA) is 55.6 Å². The highest BCUT2D eigenvalue weighted by molar-refractivity contribution is 5.87. The van der Waals surface area contributed by atoms with Gasteiger partial charge in [0.2, 0.25) is 0 Å². The first-order chi connectivity index (χ1) is 12.5. The van der Waals surface area contributed by atoms with E-state index in [4.69, 9.17) is 0 Å². The van der Waals surface area contributed by atoms with Crippen LogP contribution in [0.3, 0.4) is 0 Å². The molecule has 0 saturated heterocycles. The van der Waals surface area contributed by atoms with Gasteiger partial charge in [0.1, 0.15) is 23.1 Å². The van der Waals surface area contributed by atoms with Crippen LogP contribution in [0.4, 0.5) is 24.7 Å². The molecule has 0 fully saturated rings. The molecule has 0 aliphatic rings. The van der Waals surface area contributed by atoms with Crippen molar-refractivity contribution in [1.82, 2.24) is 19.5 Å². The van der Waals surface area contributed by atoms with E-state index in [0.717, 1.165) is 12.1 Å². The minimum Gasteiger partial charge on any atom is -0.333 e. The van der Waals surface area contributed by atoms with E-state index in [1.807, 2.05) is 0 Å². The second-order valence-electron chi connectivity index (χ2n) is 5.63. The van der Waals surface area contributed by atoms with Gasteiger partial charge in [-0.1, -0.05) is 18.2 Å². The Labute approximate surface area is 146 Å². The number of nitrogens with one attached hydrogen (secondary N) is 1. The molecule has 26 heavy (non-hydrogen) atoms. The van der Waals surface area contributed by atoms with Crippen LogP contribution in [0, 0.1) is 17.5 Å². The Balaban J connectivity index is 1.93. The highest BCUT2D eigenvalue weighted by Gasteiger charge is 2.18. The van der Waals surface area contributed by atoms with Gasteiger partial charge in [0.15, 0.2) is 22.8 Å². The summed E-state index contributed by atoms with van der Waals surface area (Å²) in [7, 11) is 1.71. The standard InChI is InChI=1S/C18H12F3N5/c1-26-9-22-15-17(23-14-12(20)7-4-8-13(14)21)24-16(25-18(15)26)10-5-2-3-6-11(10)19/h2-9H,1H3,(H,23,24,25). The molecule has 0 atom stereocenters. The summed E-state index contributed by atoms with van der Waals surface area (Å²) in [5.74, 6) is -1.89. The first kappa shape index (κ1) is 16.1. The minimum atomic E-state index is -0.778. The molecule has 0 radical (unpaired) electrons. The summed E-state index contributed by atoms with van der Waals surface area (Å²) in [6.45, 7) is 0. The molecule has 0 aliphatic heterocycles. The molecule has 2 aromatic heterocycles. The van der Waals surface area contributed by atoms with E-state index in [9.17, 15) is 13.2 Å². The van der Waals surface area contributed by atoms with Crippen molar-refractivity contribution < 1.29 is 13.2 Å². The van der Waals surface area contributed by atoms with Crippen LogP contribution in [0.2, 0.25) is 0 Å². The first-order valence-electron chi connectivity index (χ1n) is 7.69. The Kier molecular flexibility index (Phi) is 3.80. The molecule has 4 rings (SSSR count). The van der Waals surface area contributed by atoms with Crippen LogP contribution >= 0.6 is 0 Å². The lowest BCUT2D eigenvalue weighted by Gasteiger charge is -2.10. The van der Waals surface area contributed by atoms with Crippen molar-refractivity contribution >= 4 is 22.7 Å². The number of nitrogens with zero attached hydrogens (tertiary/aromatic N) is 4. The number of aromatic nitrogens is 4. The second kappa shape index (κ2) is 6.14. The molecule has 0 saturated carbocycles. The summed E-state index contributed by atoms with van der Waals surface area (Å²) in [6, 6.07) is 9.53. The van der Waals surface area contributed by atoms with E-state index in [1.165, 1.54) is 24.5 Å². The SMILES string of the molecule is Cn1cnc2c(Nc3c(F)cccc3F)nc(-c3ccccc3F)nc21. The molecule has 5 nitrogen and oxygen atoms in total. The number of para-hydroxylation sites is 1. The fourth-order valence-electron chi connectivity index (χ4n) is 2.59. The normalized spacial score (nSPS) is 11.1. The molecule has 130 valence electrons. The molecule has 4 aromatic rings. The number of rotatable bonds is 3. The Morgan fingerprint density at radius 2 is 1.58 bits per heavy atom. The second-order valence-corrected chi connectivity index (χ2v) is 5.63. The molecule has 0 aliphatic carbocycles. The van der Waals surface area contributed by atoms with E-state index in [-0.39, 0.29) is 22.9 Å². The van der Waals surface area contributed by atoms with Crippen molar-refractivity contribution in [3.8, 4) is 11.4 Å². The Bertz CT molecular complexity index is 1100.